The molecule has 3 rings (SSSR count). The molecule has 2 amide bonds. The van der Waals surface area contributed by atoms with Crippen molar-refractivity contribution >= 4 is 23.1 Å². The molecule has 1 aliphatic rings. The summed E-state index contributed by atoms with van der Waals surface area (Å²) < 4.78 is 15.6. The molecule has 1 heterocycles. The van der Waals surface area contributed by atoms with Crippen LogP contribution in [0.4, 0.5) is 5.69 Å². The maximum absolute atomic E-state index is 13.0. The molecule has 7 heteroatoms. The highest BCUT2D eigenvalue weighted by atomic mass is 16.5. The van der Waals surface area contributed by atoms with Crippen LogP contribution in [-0.4, -0.2) is 51.2 Å². The summed E-state index contributed by atoms with van der Waals surface area (Å²) in [5, 5.41) is 3.11. The number of nitrogens with zero attached hydrogens (tertiary/aromatic N) is 1. The molecule has 2 aromatic rings. The van der Waals surface area contributed by atoms with Crippen LogP contribution in [0.5, 0.6) is 11.5 Å². The summed E-state index contributed by atoms with van der Waals surface area (Å²) in [7, 11) is 4.62. The number of anilines is 1. The van der Waals surface area contributed by atoms with E-state index in [1.54, 1.807) is 25.3 Å². The van der Waals surface area contributed by atoms with Crippen LogP contribution in [0.3, 0.4) is 0 Å². The van der Waals surface area contributed by atoms with Crippen LogP contribution >= 0.6 is 0 Å². The minimum atomic E-state index is -0.391. The number of nitrogens with one attached hydrogen (secondary N) is 1. The maximum Gasteiger partial charge on any atom is 0.278 e. The molecule has 1 aliphatic heterocycles. The Morgan fingerprint density at radius 1 is 0.897 bits per heavy atom. The third-order valence-electron chi connectivity index (χ3n) is 4.68. The maximum atomic E-state index is 13.0. The SMILES string of the molecule is COCCN1C(=O)C(Nc2ccc(OC)c(OC)c2)=C(c2ccc(C)cc2)C1=O. The second-order valence-electron chi connectivity index (χ2n) is 6.57. The Labute approximate surface area is 169 Å². The lowest BCUT2D eigenvalue weighted by atomic mass is 10.0. The van der Waals surface area contributed by atoms with Gasteiger partial charge in [0.1, 0.15) is 5.70 Å². The summed E-state index contributed by atoms with van der Waals surface area (Å²) in [6.07, 6.45) is 0. The van der Waals surface area contributed by atoms with Gasteiger partial charge >= 0.3 is 0 Å². The second kappa shape index (κ2) is 8.79. The zero-order valence-corrected chi connectivity index (χ0v) is 16.9. The topological polar surface area (TPSA) is 77.1 Å². The van der Waals surface area contributed by atoms with Gasteiger partial charge in [-0.3, -0.25) is 14.5 Å². The molecule has 29 heavy (non-hydrogen) atoms. The quantitative estimate of drug-likeness (QED) is 0.692. The fourth-order valence-corrected chi connectivity index (χ4v) is 3.12. The zero-order valence-electron chi connectivity index (χ0n) is 16.9. The third-order valence-corrected chi connectivity index (χ3v) is 4.68. The van der Waals surface area contributed by atoms with Gasteiger partial charge < -0.3 is 19.5 Å². The van der Waals surface area contributed by atoms with Gasteiger partial charge in [-0.15, -0.1) is 0 Å². The highest BCUT2D eigenvalue weighted by molar-refractivity contribution is 6.36. The molecule has 0 saturated carbocycles. The van der Waals surface area contributed by atoms with Gasteiger partial charge in [-0.1, -0.05) is 29.8 Å². The fraction of sp³-hybridized carbons (Fsp3) is 0.273. The van der Waals surface area contributed by atoms with Gasteiger partial charge in [-0.25, -0.2) is 0 Å². The monoisotopic (exact) mass is 396 g/mol. The van der Waals surface area contributed by atoms with Crippen molar-refractivity contribution < 1.29 is 23.8 Å². The number of methoxy groups -OCH3 is 3. The van der Waals surface area contributed by atoms with Crippen molar-refractivity contribution in [3.05, 3.63) is 59.3 Å². The summed E-state index contributed by atoms with van der Waals surface area (Å²) in [5.74, 6) is 0.348. The van der Waals surface area contributed by atoms with Gasteiger partial charge in [0.2, 0.25) is 0 Å². The number of carbonyl (C=O) groups is 2. The van der Waals surface area contributed by atoms with Crippen molar-refractivity contribution in [2.45, 2.75) is 6.92 Å². The molecular formula is C22H24N2O5. The Kier molecular flexibility index (Phi) is 6.19. The van der Waals surface area contributed by atoms with E-state index in [4.69, 9.17) is 14.2 Å². The van der Waals surface area contributed by atoms with E-state index in [1.165, 1.54) is 19.1 Å². The van der Waals surface area contributed by atoms with Crippen LogP contribution in [0, 0.1) is 6.92 Å². The molecule has 0 radical (unpaired) electrons. The first-order valence-corrected chi connectivity index (χ1v) is 9.15. The lowest BCUT2D eigenvalue weighted by molar-refractivity contribution is -0.137. The number of benzene rings is 2. The molecule has 0 atom stereocenters. The predicted molar refractivity (Wildman–Crippen MR) is 110 cm³/mol. The minimum Gasteiger partial charge on any atom is -0.493 e. The van der Waals surface area contributed by atoms with E-state index < -0.39 is 5.91 Å². The van der Waals surface area contributed by atoms with E-state index in [-0.39, 0.29) is 24.8 Å². The van der Waals surface area contributed by atoms with Crippen molar-refractivity contribution in [3.63, 3.8) is 0 Å². The number of rotatable bonds is 8. The van der Waals surface area contributed by atoms with Gasteiger partial charge in [-0.2, -0.15) is 0 Å². The lowest BCUT2D eigenvalue weighted by Gasteiger charge is -2.15. The van der Waals surface area contributed by atoms with Gasteiger partial charge in [0.05, 0.1) is 32.9 Å². The summed E-state index contributed by atoms with van der Waals surface area (Å²) in [5.41, 5.74) is 2.91. The first kappa shape index (κ1) is 20.4. The number of imide groups is 1. The van der Waals surface area contributed by atoms with Gasteiger partial charge in [0.15, 0.2) is 11.5 Å². The second-order valence-corrected chi connectivity index (χ2v) is 6.57. The Morgan fingerprint density at radius 3 is 2.21 bits per heavy atom. The molecule has 152 valence electrons. The summed E-state index contributed by atoms with van der Waals surface area (Å²) in [6, 6.07) is 12.7. The van der Waals surface area contributed by atoms with Crippen LogP contribution in [0.15, 0.2) is 48.2 Å². The van der Waals surface area contributed by atoms with E-state index in [9.17, 15) is 9.59 Å². The molecule has 0 bridgehead atoms. The largest absolute Gasteiger partial charge is 0.493 e. The van der Waals surface area contributed by atoms with Gasteiger partial charge in [-0.05, 0) is 24.6 Å². The average Bonchev–Trinajstić information content (AvgIpc) is 2.96. The fourth-order valence-electron chi connectivity index (χ4n) is 3.12. The van der Waals surface area contributed by atoms with Gasteiger partial charge in [0.25, 0.3) is 11.8 Å². The van der Waals surface area contributed by atoms with E-state index in [1.807, 2.05) is 31.2 Å². The van der Waals surface area contributed by atoms with Crippen LogP contribution in [0.2, 0.25) is 0 Å². The smallest absolute Gasteiger partial charge is 0.278 e. The summed E-state index contributed by atoms with van der Waals surface area (Å²) in [6.45, 7) is 2.41. The molecule has 0 fully saturated rings. The predicted octanol–water partition coefficient (Wildman–Crippen LogP) is 2.85. The molecule has 0 aromatic heterocycles. The van der Waals surface area contributed by atoms with Crippen molar-refractivity contribution in [3.8, 4) is 11.5 Å². The van der Waals surface area contributed by atoms with Gasteiger partial charge in [0, 0.05) is 18.9 Å². The number of hydrogen-bond acceptors (Lipinski definition) is 6. The Morgan fingerprint density at radius 2 is 1.59 bits per heavy atom. The molecule has 7 nitrogen and oxygen atoms in total. The Hall–Kier alpha value is -3.32. The number of hydrogen-bond donors (Lipinski definition) is 1. The van der Waals surface area contributed by atoms with Crippen LogP contribution < -0.4 is 14.8 Å². The average molecular weight is 396 g/mol. The zero-order chi connectivity index (χ0) is 21.0. The molecule has 1 N–H and O–H groups in total. The number of aryl methyl sites for hydroxylation is 1. The highest BCUT2D eigenvalue weighted by Crippen LogP contribution is 2.34. The molecule has 0 aliphatic carbocycles. The Balaban J connectivity index is 2.03. The van der Waals surface area contributed by atoms with E-state index in [0.29, 0.717) is 28.3 Å². The molecular weight excluding hydrogens is 372 g/mol. The normalized spacial score (nSPS) is 13.9. The number of ether oxygens (including phenoxy) is 3. The molecule has 0 saturated heterocycles. The third kappa shape index (κ3) is 4.09. The highest BCUT2D eigenvalue weighted by Gasteiger charge is 2.39. The molecule has 0 unspecified atom stereocenters. The van der Waals surface area contributed by atoms with E-state index in [0.717, 1.165) is 5.56 Å². The van der Waals surface area contributed by atoms with Crippen molar-refractivity contribution in [1.82, 2.24) is 4.90 Å². The molecule has 2 aromatic carbocycles. The standard InChI is InChI=1S/C22H24N2O5/c1-14-5-7-15(8-6-14)19-20(22(26)24(21(19)25)11-12-27-2)23-16-9-10-17(28-3)18(13-16)29-4/h5-10,13,23H,11-12H2,1-4H3. The summed E-state index contributed by atoms with van der Waals surface area (Å²) >= 11 is 0. The molecule has 0 spiro atoms. The Bertz CT molecular complexity index is 950. The summed E-state index contributed by atoms with van der Waals surface area (Å²) in [4.78, 5) is 27.3. The van der Waals surface area contributed by atoms with E-state index in [2.05, 4.69) is 5.32 Å². The first-order valence-electron chi connectivity index (χ1n) is 9.15. The first-order chi connectivity index (χ1) is 14.0. The van der Waals surface area contributed by atoms with Crippen LogP contribution in [0.1, 0.15) is 11.1 Å². The van der Waals surface area contributed by atoms with Crippen molar-refractivity contribution in [2.24, 2.45) is 0 Å². The number of carbonyl (C=O) groups excluding carboxylic acids is 2. The van der Waals surface area contributed by atoms with Crippen LogP contribution in [0.25, 0.3) is 5.57 Å². The van der Waals surface area contributed by atoms with Crippen molar-refractivity contribution in [2.75, 3.05) is 39.8 Å². The van der Waals surface area contributed by atoms with E-state index >= 15 is 0 Å². The van der Waals surface area contributed by atoms with Crippen LogP contribution in [-0.2, 0) is 14.3 Å². The lowest BCUT2D eigenvalue weighted by Crippen LogP contribution is -2.35. The van der Waals surface area contributed by atoms with Crippen molar-refractivity contribution in [1.29, 1.82) is 0 Å². The minimum absolute atomic E-state index is 0.181. The number of amides is 2.